The second-order valence-electron chi connectivity index (χ2n) is 7.34. The largest absolute Gasteiger partial charge is 0.377 e. The number of hydrogen-bond acceptors (Lipinski definition) is 6. The third-order valence-electron chi connectivity index (χ3n) is 5.07. The van der Waals surface area contributed by atoms with Crippen molar-refractivity contribution in [1.29, 1.82) is 0 Å². The first-order valence-electron chi connectivity index (χ1n) is 10.0. The number of carbonyl (C=O) groups is 1. The van der Waals surface area contributed by atoms with Crippen molar-refractivity contribution >= 4 is 33.2 Å². The first-order chi connectivity index (χ1) is 15.4. The number of hydrogen-bond donors (Lipinski definition) is 2. The van der Waals surface area contributed by atoms with E-state index in [0.717, 1.165) is 18.4 Å². The Kier molecular flexibility index (Phi) is 6.85. The monoisotopic (exact) mass is 475 g/mol. The minimum atomic E-state index is -3.91. The zero-order valence-corrected chi connectivity index (χ0v) is 18.6. The maximum atomic E-state index is 12.9. The van der Waals surface area contributed by atoms with Gasteiger partial charge in [-0.1, -0.05) is 29.8 Å². The van der Waals surface area contributed by atoms with Crippen molar-refractivity contribution in [3.8, 4) is 0 Å². The Morgan fingerprint density at radius 1 is 1.25 bits per heavy atom. The number of anilines is 1. The smallest absolute Gasteiger partial charge is 0.255 e. The van der Waals surface area contributed by atoms with Gasteiger partial charge >= 0.3 is 0 Å². The fraction of sp³-hybridized carbons (Fsp3) is 0.286. The number of nitrogens with one attached hydrogen (secondary N) is 2. The van der Waals surface area contributed by atoms with Crippen LogP contribution in [-0.4, -0.2) is 48.3 Å². The topological polar surface area (TPSA) is 115 Å². The molecule has 1 aliphatic rings. The summed E-state index contributed by atoms with van der Waals surface area (Å²) in [5.41, 5.74) is 1.58. The van der Waals surface area contributed by atoms with Gasteiger partial charge in [-0.15, -0.1) is 0 Å². The molecule has 2 N–H and O–H groups in total. The van der Waals surface area contributed by atoms with E-state index in [2.05, 4.69) is 20.1 Å². The molecule has 1 aromatic heterocycles. The van der Waals surface area contributed by atoms with Gasteiger partial charge in [0.25, 0.3) is 5.91 Å². The van der Waals surface area contributed by atoms with Crippen molar-refractivity contribution in [2.24, 2.45) is 0 Å². The van der Waals surface area contributed by atoms with Gasteiger partial charge in [0.2, 0.25) is 10.0 Å². The third kappa shape index (κ3) is 5.33. The van der Waals surface area contributed by atoms with Gasteiger partial charge in [-0.05, 0) is 42.7 Å². The van der Waals surface area contributed by atoms with E-state index < -0.39 is 15.9 Å². The number of halogens is 1. The molecule has 0 spiro atoms. The summed E-state index contributed by atoms with van der Waals surface area (Å²) in [6.45, 7) is 1.20. The van der Waals surface area contributed by atoms with Gasteiger partial charge in [-0.25, -0.2) is 22.8 Å². The van der Waals surface area contributed by atoms with Crippen LogP contribution in [0.4, 0.5) is 5.69 Å². The summed E-state index contributed by atoms with van der Waals surface area (Å²) >= 11 is 6.15. The van der Waals surface area contributed by atoms with Crippen LogP contribution in [0.5, 0.6) is 0 Å². The van der Waals surface area contributed by atoms with Gasteiger partial charge < -0.3 is 10.1 Å². The Morgan fingerprint density at radius 2 is 2.09 bits per heavy atom. The molecule has 0 aliphatic carbocycles. The molecule has 32 heavy (non-hydrogen) atoms. The summed E-state index contributed by atoms with van der Waals surface area (Å²) in [4.78, 5) is 16.7. The Labute approximate surface area is 190 Å². The number of amides is 1. The number of benzene rings is 2. The van der Waals surface area contributed by atoms with Crippen LogP contribution in [0, 0.1) is 0 Å². The molecule has 2 aromatic carbocycles. The molecular weight excluding hydrogens is 454 g/mol. The van der Waals surface area contributed by atoms with Crippen LogP contribution in [0.1, 0.15) is 28.8 Å². The lowest BCUT2D eigenvalue weighted by atomic mass is 10.1. The van der Waals surface area contributed by atoms with E-state index in [1.807, 2.05) is 12.1 Å². The van der Waals surface area contributed by atoms with Crippen LogP contribution in [0.25, 0.3) is 0 Å². The normalized spacial score (nSPS) is 16.2. The van der Waals surface area contributed by atoms with Gasteiger partial charge in [-0.3, -0.25) is 4.79 Å². The van der Waals surface area contributed by atoms with Gasteiger partial charge in [0.15, 0.2) is 0 Å². The van der Waals surface area contributed by atoms with Crippen molar-refractivity contribution in [2.45, 2.75) is 30.4 Å². The van der Waals surface area contributed by atoms with Gasteiger partial charge in [0.1, 0.15) is 17.6 Å². The van der Waals surface area contributed by atoms with E-state index in [9.17, 15) is 13.2 Å². The summed E-state index contributed by atoms with van der Waals surface area (Å²) in [5.74, 6) is -0.455. The molecule has 1 unspecified atom stereocenters. The molecule has 1 saturated heterocycles. The van der Waals surface area contributed by atoms with E-state index in [0.29, 0.717) is 18.8 Å². The van der Waals surface area contributed by atoms with E-state index in [1.165, 1.54) is 24.5 Å². The minimum Gasteiger partial charge on any atom is -0.377 e. The number of aromatic nitrogens is 3. The first-order valence-corrected chi connectivity index (χ1v) is 11.9. The SMILES string of the molecule is O=C(Nc1ccccc1Cn1cncn1)c1ccc(Cl)c(S(=O)(=O)NCC2CCCO2)c1. The second-order valence-corrected chi connectivity index (χ2v) is 9.48. The van der Waals surface area contributed by atoms with Crippen LogP contribution in [0.2, 0.25) is 5.02 Å². The Bertz CT molecular complexity index is 1190. The Balaban J connectivity index is 1.51. The standard InChI is InChI=1S/C21H22ClN5O4S/c22-18-8-7-15(10-20(18)32(29,30)25-11-17-5-3-9-31-17)21(28)26-19-6-2-1-4-16(19)12-27-14-23-13-24-27/h1-2,4,6-8,10,13-14,17,25H,3,5,9,11-12H2,(H,26,28). The number of para-hydroxylation sites is 1. The number of carbonyl (C=O) groups excluding carboxylic acids is 1. The molecule has 1 atom stereocenters. The fourth-order valence-corrected chi connectivity index (χ4v) is 4.99. The lowest BCUT2D eigenvalue weighted by molar-refractivity contribution is 0.102. The van der Waals surface area contributed by atoms with E-state index in [4.69, 9.17) is 16.3 Å². The Morgan fingerprint density at radius 3 is 2.84 bits per heavy atom. The minimum absolute atomic E-state index is 0.0352. The molecule has 168 valence electrons. The Hall–Kier alpha value is -2.79. The molecule has 1 aliphatic heterocycles. The lowest BCUT2D eigenvalue weighted by Crippen LogP contribution is -2.32. The van der Waals surface area contributed by atoms with Crippen molar-refractivity contribution < 1.29 is 17.9 Å². The molecule has 1 fully saturated rings. The predicted octanol–water partition coefficient (Wildman–Crippen LogP) is 2.69. The maximum absolute atomic E-state index is 12.9. The molecule has 4 rings (SSSR count). The summed E-state index contributed by atoms with van der Waals surface area (Å²) in [7, 11) is -3.91. The molecule has 0 saturated carbocycles. The van der Waals surface area contributed by atoms with Crippen molar-refractivity contribution in [3.05, 3.63) is 71.3 Å². The van der Waals surface area contributed by atoms with Gasteiger partial charge in [-0.2, -0.15) is 5.10 Å². The van der Waals surface area contributed by atoms with E-state index >= 15 is 0 Å². The number of ether oxygens (including phenoxy) is 1. The highest BCUT2D eigenvalue weighted by Gasteiger charge is 2.23. The van der Waals surface area contributed by atoms with E-state index in [-0.39, 0.29) is 28.1 Å². The van der Waals surface area contributed by atoms with Crippen LogP contribution in [0.3, 0.4) is 0 Å². The van der Waals surface area contributed by atoms with Gasteiger partial charge in [0, 0.05) is 24.4 Å². The number of nitrogens with zero attached hydrogens (tertiary/aromatic N) is 3. The molecule has 0 bridgehead atoms. The molecule has 0 radical (unpaired) electrons. The molecule has 9 nitrogen and oxygen atoms in total. The second kappa shape index (κ2) is 9.78. The quantitative estimate of drug-likeness (QED) is 0.517. The van der Waals surface area contributed by atoms with Crippen LogP contribution < -0.4 is 10.0 Å². The lowest BCUT2D eigenvalue weighted by Gasteiger charge is -2.14. The zero-order chi connectivity index (χ0) is 22.6. The molecule has 11 heteroatoms. The molecule has 1 amide bonds. The van der Waals surface area contributed by atoms with Crippen molar-refractivity contribution in [3.63, 3.8) is 0 Å². The molecule has 2 heterocycles. The summed E-state index contributed by atoms with van der Waals surface area (Å²) in [6, 6.07) is 11.4. The highest BCUT2D eigenvalue weighted by atomic mass is 35.5. The van der Waals surface area contributed by atoms with Crippen LogP contribution >= 0.6 is 11.6 Å². The maximum Gasteiger partial charge on any atom is 0.255 e. The molecular formula is C21H22ClN5O4S. The third-order valence-corrected chi connectivity index (χ3v) is 6.98. The summed E-state index contributed by atoms with van der Waals surface area (Å²) < 4.78 is 35.2. The van der Waals surface area contributed by atoms with Crippen molar-refractivity contribution in [2.75, 3.05) is 18.5 Å². The summed E-state index contributed by atoms with van der Waals surface area (Å²) in [5, 5.41) is 6.95. The zero-order valence-electron chi connectivity index (χ0n) is 17.1. The average molecular weight is 476 g/mol. The van der Waals surface area contributed by atoms with Crippen molar-refractivity contribution in [1.82, 2.24) is 19.5 Å². The van der Waals surface area contributed by atoms with Gasteiger partial charge in [0.05, 0.1) is 17.7 Å². The number of sulfonamides is 1. The highest BCUT2D eigenvalue weighted by Crippen LogP contribution is 2.24. The molecule has 3 aromatic rings. The number of rotatable bonds is 8. The van der Waals surface area contributed by atoms with Crippen LogP contribution in [0.15, 0.2) is 60.0 Å². The average Bonchev–Trinajstić information content (AvgIpc) is 3.48. The first kappa shape index (κ1) is 22.4. The predicted molar refractivity (Wildman–Crippen MR) is 119 cm³/mol. The fourth-order valence-electron chi connectivity index (χ4n) is 3.40. The highest BCUT2D eigenvalue weighted by molar-refractivity contribution is 7.89. The van der Waals surface area contributed by atoms with Crippen LogP contribution in [-0.2, 0) is 21.3 Å². The summed E-state index contributed by atoms with van der Waals surface area (Å²) in [6.07, 6.45) is 4.56. The van der Waals surface area contributed by atoms with E-state index in [1.54, 1.807) is 23.1 Å².